The smallest absolute Gasteiger partial charge is 0.274 e. The van der Waals surface area contributed by atoms with E-state index < -0.39 is 0 Å². The van der Waals surface area contributed by atoms with Gasteiger partial charge in [0.2, 0.25) is 5.91 Å². The maximum absolute atomic E-state index is 12.2. The number of aromatic nitrogens is 3. The Morgan fingerprint density at radius 3 is 2.85 bits per heavy atom. The zero-order valence-corrected chi connectivity index (χ0v) is 11.8. The maximum Gasteiger partial charge on any atom is 0.274 e. The third kappa shape index (κ3) is 2.79. The maximum atomic E-state index is 12.2. The normalized spacial score (nSPS) is 12.2. The molecule has 1 unspecified atom stereocenters. The molecule has 0 fully saturated rings. The van der Waals surface area contributed by atoms with Crippen LogP contribution in [0.2, 0.25) is 0 Å². The van der Waals surface area contributed by atoms with Crippen LogP contribution >= 0.6 is 0 Å². The second-order valence-electron chi connectivity index (χ2n) is 4.67. The van der Waals surface area contributed by atoms with Gasteiger partial charge in [0.05, 0.1) is 12.1 Å². The standard InChI is InChI=1S/C14H18N4O2/c1-4-18-7-5-6-12(14(18)20)16-13(19)10(2)11-8-15-17(3)9-11/h5-10H,4H2,1-3H3,(H,16,19). The molecule has 20 heavy (non-hydrogen) atoms. The molecule has 0 aliphatic heterocycles. The molecule has 1 N–H and O–H groups in total. The Labute approximate surface area is 117 Å². The lowest BCUT2D eigenvalue weighted by Crippen LogP contribution is -2.27. The van der Waals surface area contributed by atoms with Crippen molar-refractivity contribution in [2.45, 2.75) is 26.3 Å². The summed E-state index contributed by atoms with van der Waals surface area (Å²) in [5.41, 5.74) is 0.925. The second-order valence-corrected chi connectivity index (χ2v) is 4.67. The molecular formula is C14H18N4O2. The number of aryl methyl sites for hydroxylation is 2. The summed E-state index contributed by atoms with van der Waals surface area (Å²) >= 11 is 0. The highest BCUT2D eigenvalue weighted by molar-refractivity contribution is 5.95. The average Bonchev–Trinajstić information content (AvgIpc) is 2.86. The van der Waals surface area contributed by atoms with E-state index in [-0.39, 0.29) is 17.4 Å². The molecule has 0 saturated carbocycles. The summed E-state index contributed by atoms with van der Waals surface area (Å²) in [5, 5.41) is 6.73. The number of carbonyl (C=O) groups excluding carboxylic acids is 1. The molecule has 0 aliphatic carbocycles. The summed E-state index contributed by atoms with van der Waals surface area (Å²) in [6.45, 7) is 4.24. The van der Waals surface area contributed by atoms with Crippen molar-refractivity contribution in [1.29, 1.82) is 0 Å². The molecule has 2 heterocycles. The first-order chi connectivity index (χ1) is 9.52. The molecule has 0 radical (unpaired) electrons. The van der Waals surface area contributed by atoms with Crippen LogP contribution < -0.4 is 10.9 Å². The van der Waals surface area contributed by atoms with Crippen molar-refractivity contribution in [3.63, 3.8) is 0 Å². The quantitative estimate of drug-likeness (QED) is 0.914. The van der Waals surface area contributed by atoms with Gasteiger partial charge in [0.15, 0.2) is 0 Å². The Kier molecular flexibility index (Phi) is 4.02. The summed E-state index contributed by atoms with van der Waals surface area (Å²) in [7, 11) is 1.80. The zero-order valence-electron chi connectivity index (χ0n) is 11.8. The van der Waals surface area contributed by atoms with Gasteiger partial charge < -0.3 is 9.88 Å². The minimum Gasteiger partial charge on any atom is -0.321 e. The number of pyridine rings is 1. The van der Waals surface area contributed by atoms with Crippen LogP contribution in [0, 0.1) is 0 Å². The van der Waals surface area contributed by atoms with Gasteiger partial charge in [-0.05, 0) is 26.0 Å². The van der Waals surface area contributed by atoms with Crippen molar-refractivity contribution in [3.05, 3.63) is 46.6 Å². The van der Waals surface area contributed by atoms with Gasteiger partial charge >= 0.3 is 0 Å². The van der Waals surface area contributed by atoms with Crippen LogP contribution in [0.3, 0.4) is 0 Å². The van der Waals surface area contributed by atoms with Crippen LogP contribution in [-0.2, 0) is 18.4 Å². The molecule has 106 valence electrons. The zero-order chi connectivity index (χ0) is 14.7. The molecule has 2 aromatic rings. The molecule has 6 heteroatoms. The molecule has 2 rings (SSSR count). The van der Waals surface area contributed by atoms with Gasteiger partial charge in [0, 0.05) is 31.5 Å². The number of nitrogens with one attached hydrogen (secondary N) is 1. The average molecular weight is 274 g/mol. The van der Waals surface area contributed by atoms with E-state index in [0.29, 0.717) is 12.2 Å². The molecular weight excluding hydrogens is 256 g/mol. The Hall–Kier alpha value is -2.37. The Morgan fingerprint density at radius 1 is 1.50 bits per heavy atom. The van der Waals surface area contributed by atoms with E-state index >= 15 is 0 Å². The molecule has 6 nitrogen and oxygen atoms in total. The number of anilines is 1. The van der Waals surface area contributed by atoms with Gasteiger partial charge in [0.1, 0.15) is 5.69 Å². The first-order valence-electron chi connectivity index (χ1n) is 6.51. The van der Waals surface area contributed by atoms with Crippen molar-refractivity contribution >= 4 is 11.6 Å². The highest BCUT2D eigenvalue weighted by atomic mass is 16.2. The molecule has 0 spiro atoms. The van der Waals surface area contributed by atoms with Gasteiger partial charge in [-0.2, -0.15) is 5.10 Å². The van der Waals surface area contributed by atoms with Gasteiger partial charge in [-0.3, -0.25) is 14.3 Å². The van der Waals surface area contributed by atoms with Gasteiger partial charge in [-0.25, -0.2) is 0 Å². The fourth-order valence-electron chi connectivity index (χ4n) is 1.94. The minimum atomic E-state index is -0.363. The van der Waals surface area contributed by atoms with Crippen LogP contribution in [-0.4, -0.2) is 20.3 Å². The van der Waals surface area contributed by atoms with Crippen molar-refractivity contribution in [1.82, 2.24) is 14.3 Å². The summed E-state index contributed by atoms with van der Waals surface area (Å²) in [6.07, 6.45) is 5.14. The Balaban J connectivity index is 2.18. The molecule has 0 aliphatic rings. The lowest BCUT2D eigenvalue weighted by atomic mass is 10.0. The molecule has 1 atom stereocenters. The highest BCUT2D eigenvalue weighted by Gasteiger charge is 2.18. The van der Waals surface area contributed by atoms with Crippen LogP contribution in [0.15, 0.2) is 35.5 Å². The minimum absolute atomic E-state index is 0.193. The predicted octanol–water partition coefficient (Wildman–Crippen LogP) is 1.34. The molecule has 0 saturated heterocycles. The second kappa shape index (κ2) is 5.73. The number of nitrogens with zero attached hydrogens (tertiary/aromatic N) is 3. The first-order valence-corrected chi connectivity index (χ1v) is 6.51. The third-order valence-corrected chi connectivity index (χ3v) is 3.24. The van der Waals surface area contributed by atoms with E-state index in [9.17, 15) is 9.59 Å². The molecule has 0 aromatic carbocycles. The fourth-order valence-corrected chi connectivity index (χ4v) is 1.94. The fraction of sp³-hybridized carbons (Fsp3) is 0.357. The van der Waals surface area contributed by atoms with E-state index in [1.165, 1.54) is 0 Å². The van der Waals surface area contributed by atoms with Crippen molar-refractivity contribution in [3.8, 4) is 0 Å². The SMILES string of the molecule is CCn1cccc(NC(=O)C(C)c2cnn(C)c2)c1=O. The van der Waals surface area contributed by atoms with E-state index in [4.69, 9.17) is 0 Å². The number of hydrogen-bond donors (Lipinski definition) is 1. The van der Waals surface area contributed by atoms with Gasteiger partial charge in [0.25, 0.3) is 5.56 Å². The number of carbonyl (C=O) groups is 1. The van der Waals surface area contributed by atoms with Crippen LogP contribution in [0.5, 0.6) is 0 Å². The molecule has 1 amide bonds. The topological polar surface area (TPSA) is 68.9 Å². The Morgan fingerprint density at radius 2 is 2.25 bits per heavy atom. The van der Waals surface area contributed by atoms with E-state index in [1.54, 1.807) is 53.9 Å². The summed E-state index contributed by atoms with van der Waals surface area (Å²) < 4.78 is 3.19. The first kappa shape index (κ1) is 14.0. The third-order valence-electron chi connectivity index (χ3n) is 3.24. The van der Waals surface area contributed by atoms with E-state index in [1.807, 2.05) is 6.92 Å². The van der Waals surface area contributed by atoms with Gasteiger partial charge in [-0.15, -0.1) is 0 Å². The largest absolute Gasteiger partial charge is 0.321 e. The number of amides is 1. The summed E-state index contributed by atoms with van der Waals surface area (Å²) in [4.78, 5) is 24.2. The Bertz CT molecular complexity index is 672. The van der Waals surface area contributed by atoms with E-state index in [0.717, 1.165) is 5.56 Å². The van der Waals surface area contributed by atoms with Crippen molar-refractivity contribution in [2.24, 2.45) is 7.05 Å². The lowest BCUT2D eigenvalue weighted by Gasteiger charge is -2.11. The molecule has 2 aromatic heterocycles. The van der Waals surface area contributed by atoms with Crippen LogP contribution in [0.25, 0.3) is 0 Å². The number of hydrogen-bond acceptors (Lipinski definition) is 3. The lowest BCUT2D eigenvalue weighted by molar-refractivity contribution is -0.117. The summed E-state index contributed by atoms with van der Waals surface area (Å²) in [6, 6.07) is 3.36. The monoisotopic (exact) mass is 274 g/mol. The van der Waals surface area contributed by atoms with Crippen molar-refractivity contribution in [2.75, 3.05) is 5.32 Å². The van der Waals surface area contributed by atoms with Crippen LogP contribution in [0.4, 0.5) is 5.69 Å². The van der Waals surface area contributed by atoms with Gasteiger partial charge in [-0.1, -0.05) is 0 Å². The number of rotatable bonds is 4. The van der Waals surface area contributed by atoms with E-state index in [2.05, 4.69) is 10.4 Å². The molecule has 0 bridgehead atoms. The predicted molar refractivity (Wildman–Crippen MR) is 76.6 cm³/mol. The van der Waals surface area contributed by atoms with Crippen molar-refractivity contribution < 1.29 is 4.79 Å². The summed E-state index contributed by atoms with van der Waals surface area (Å²) in [5.74, 6) is -0.581. The van der Waals surface area contributed by atoms with Crippen LogP contribution in [0.1, 0.15) is 25.3 Å². The highest BCUT2D eigenvalue weighted by Crippen LogP contribution is 2.15.